The lowest BCUT2D eigenvalue weighted by Crippen LogP contribution is -2.41. The fourth-order valence-corrected chi connectivity index (χ4v) is 4.36. The molecule has 136 valence electrons. The van der Waals surface area contributed by atoms with Gasteiger partial charge in [-0.05, 0) is 18.9 Å². The van der Waals surface area contributed by atoms with Gasteiger partial charge in [0.15, 0.2) is 11.6 Å². The Balaban J connectivity index is 1.66. The highest BCUT2D eigenvalue weighted by Gasteiger charge is 2.43. The smallest absolute Gasteiger partial charge is 0.190 e. The molecule has 3 aliphatic rings. The van der Waals surface area contributed by atoms with Crippen molar-refractivity contribution >= 4 is 17.3 Å². The van der Waals surface area contributed by atoms with E-state index >= 15 is 0 Å². The topological polar surface area (TPSA) is 63.7 Å². The van der Waals surface area contributed by atoms with Crippen LogP contribution in [0.5, 0.6) is 0 Å². The van der Waals surface area contributed by atoms with Gasteiger partial charge in [-0.25, -0.2) is 0 Å². The standard InChI is InChI=1S/C21H23NO4/c1-13-14(6-7-22-8-10-26-11-9-22)19-17(12-18(13)23)20(24)15-4-2-3-5-16(15)21(19)25/h2-5,13-14H,6-12H2,1H3. The molecule has 2 atom stereocenters. The minimum absolute atomic E-state index is 0.0660. The largest absolute Gasteiger partial charge is 0.379 e. The zero-order valence-corrected chi connectivity index (χ0v) is 15.0. The first-order valence-electron chi connectivity index (χ1n) is 9.32. The maximum Gasteiger partial charge on any atom is 0.190 e. The second-order valence-corrected chi connectivity index (χ2v) is 7.38. The molecule has 5 heteroatoms. The van der Waals surface area contributed by atoms with Crippen molar-refractivity contribution in [1.29, 1.82) is 0 Å². The van der Waals surface area contributed by atoms with E-state index in [1.807, 2.05) is 6.92 Å². The fourth-order valence-electron chi connectivity index (χ4n) is 4.36. The Bertz CT molecular complexity index is 804. The maximum atomic E-state index is 13.2. The number of Topliss-reactive ketones (excluding diaryl/α,β-unsaturated/α-hetero) is 3. The van der Waals surface area contributed by atoms with Crippen molar-refractivity contribution in [2.24, 2.45) is 11.8 Å². The van der Waals surface area contributed by atoms with E-state index in [1.54, 1.807) is 24.3 Å². The molecular formula is C21H23NO4. The lowest BCUT2D eigenvalue weighted by molar-refractivity contribution is -0.123. The van der Waals surface area contributed by atoms with E-state index in [0.717, 1.165) is 32.8 Å². The van der Waals surface area contributed by atoms with Crippen LogP contribution >= 0.6 is 0 Å². The van der Waals surface area contributed by atoms with Crippen molar-refractivity contribution < 1.29 is 19.1 Å². The van der Waals surface area contributed by atoms with E-state index in [4.69, 9.17) is 4.74 Å². The Morgan fingerprint density at radius 2 is 1.69 bits per heavy atom. The average Bonchev–Trinajstić information content (AvgIpc) is 2.67. The first-order chi connectivity index (χ1) is 12.6. The number of nitrogens with zero attached hydrogens (tertiary/aromatic N) is 1. The minimum Gasteiger partial charge on any atom is -0.379 e. The number of hydrogen-bond acceptors (Lipinski definition) is 5. The number of allylic oxidation sites excluding steroid dienone is 2. The third kappa shape index (κ3) is 2.85. The zero-order chi connectivity index (χ0) is 18.3. The molecule has 1 aromatic rings. The molecule has 1 aliphatic heterocycles. The molecule has 0 radical (unpaired) electrons. The van der Waals surface area contributed by atoms with Gasteiger partial charge in [-0.3, -0.25) is 19.3 Å². The molecule has 26 heavy (non-hydrogen) atoms. The summed E-state index contributed by atoms with van der Waals surface area (Å²) in [5.74, 6) is -0.555. The third-order valence-electron chi connectivity index (χ3n) is 5.95. The van der Waals surface area contributed by atoms with Crippen molar-refractivity contribution in [3.05, 3.63) is 46.5 Å². The van der Waals surface area contributed by atoms with E-state index < -0.39 is 0 Å². The summed E-state index contributed by atoms with van der Waals surface area (Å²) in [7, 11) is 0. The van der Waals surface area contributed by atoms with Gasteiger partial charge in [-0.15, -0.1) is 0 Å². The highest BCUT2D eigenvalue weighted by Crippen LogP contribution is 2.41. The lowest BCUT2D eigenvalue weighted by atomic mass is 9.67. The first-order valence-corrected chi connectivity index (χ1v) is 9.32. The molecule has 0 saturated carbocycles. The Hall–Kier alpha value is -2.11. The van der Waals surface area contributed by atoms with Gasteiger partial charge < -0.3 is 4.74 Å². The quantitative estimate of drug-likeness (QED) is 0.834. The van der Waals surface area contributed by atoms with Gasteiger partial charge in [-0.2, -0.15) is 0 Å². The number of fused-ring (bicyclic) bond motifs is 1. The van der Waals surface area contributed by atoms with Crippen LogP contribution < -0.4 is 0 Å². The summed E-state index contributed by atoms with van der Waals surface area (Å²) in [6.07, 6.45) is 0.802. The Morgan fingerprint density at radius 3 is 2.38 bits per heavy atom. The molecule has 2 unspecified atom stereocenters. The number of hydrogen-bond donors (Lipinski definition) is 0. The monoisotopic (exact) mass is 353 g/mol. The fraction of sp³-hybridized carbons (Fsp3) is 0.476. The molecule has 1 saturated heterocycles. The number of ether oxygens (including phenoxy) is 1. The molecule has 2 aliphatic carbocycles. The summed E-state index contributed by atoms with van der Waals surface area (Å²) in [5, 5.41) is 0. The predicted octanol–water partition coefficient (Wildman–Crippen LogP) is 2.31. The Labute approximate surface area is 153 Å². The van der Waals surface area contributed by atoms with Gasteiger partial charge in [0.05, 0.1) is 13.2 Å². The number of ketones is 3. The van der Waals surface area contributed by atoms with Gasteiger partial charge >= 0.3 is 0 Å². The van der Waals surface area contributed by atoms with Crippen LogP contribution in [0.2, 0.25) is 0 Å². The van der Waals surface area contributed by atoms with Gasteiger partial charge in [0.25, 0.3) is 0 Å². The van der Waals surface area contributed by atoms with Crippen molar-refractivity contribution in [2.45, 2.75) is 19.8 Å². The van der Waals surface area contributed by atoms with Crippen LogP contribution in [0.4, 0.5) is 0 Å². The van der Waals surface area contributed by atoms with E-state index in [-0.39, 0.29) is 35.6 Å². The van der Waals surface area contributed by atoms with Gasteiger partial charge in [0, 0.05) is 47.7 Å². The van der Waals surface area contributed by atoms with Crippen LogP contribution in [0.15, 0.2) is 35.4 Å². The minimum atomic E-state index is -0.225. The molecule has 1 heterocycles. The van der Waals surface area contributed by atoms with Gasteiger partial charge in [-0.1, -0.05) is 31.2 Å². The number of carbonyl (C=O) groups excluding carboxylic acids is 3. The van der Waals surface area contributed by atoms with Gasteiger partial charge in [0.1, 0.15) is 5.78 Å². The normalized spacial score (nSPS) is 26.7. The number of benzene rings is 1. The lowest BCUT2D eigenvalue weighted by Gasteiger charge is -2.36. The maximum absolute atomic E-state index is 13.2. The predicted molar refractivity (Wildman–Crippen MR) is 96.3 cm³/mol. The van der Waals surface area contributed by atoms with Crippen LogP contribution in [-0.2, 0) is 9.53 Å². The van der Waals surface area contributed by atoms with E-state index in [2.05, 4.69) is 4.90 Å². The van der Waals surface area contributed by atoms with Crippen LogP contribution in [0.3, 0.4) is 0 Å². The van der Waals surface area contributed by atoms with Crippen LogP contribution in [0.1, 0.15) is 40.5 Å². The summed E-state index contributed by atoms with van der Waals surface area (Å²) in [5.41, 5.74) is 1.94. The van der Waals surface area contributed by atoms with Crippen molar-refractivity contribution in [3.8, 4) is 0 Å². The van der Waals surface area contributed by atoms with Crippen molar-refractivity contribution in [1.82, 2.24) is 4.90 Å². The molecule has 0 bridgehead atoms. The molecule has 4 rings (SSSR count). The summed E-state index contributed by atoms with van der Waals surface area (Å²) < 4.78 is 5.38. The second kappa shape index (κ2) is 6.89. The highest BCUT2D eigenvalue weighted by atomic mass is 16.5. The zero-order valence-electron chi connectivity index (χ0n) is 15.0. The van der Waals surface area contributed by atoms with Crippen LogP contribution in [0, 0.1) is 11.8 Å². The molecule has 0 N–H and O–H groups in total. The summed E-state index contributed by atoms with van der Waals surface area (Å²) in [6.45, 7) is 5.89. The number of morpholine rings is 1. The Kier molecular flexibility index (Phi) is 4.59. The SMILES string of the molecule is CC1C(=O)CC2=C(C(=O)c3ccccc3C2=O)C1CCN1CCOCC1. The first kappa shape index (κ1) is 17.3. The summed E-state index contributed by atoms with van der Waals surface area (Å²) in [4.78, 5) is 40.9. The average molecular weight is 353 g/mol. The van der Waals surface area contributed by atoms with Crippen molar-refractivity contribution in [3.63, 3.8) is 0 Å². The summed E-state index contributed by atoms with van der Waals surface area (Å²) >= 11 is 0. The van der Waals surface area contributed by atoms with Gasteiger partial charge in [0.2, 0.25) is 0 Å². The molecule has 5 nitrogen and oxygen atoms in total. The molecule has 1 aromatic carbocycles. The van der Waals surface area contributed by atoms with Crippen LogP contribution in [0.25, 0.3) is 0 Å². The highest BCUT2D eigenvalue weighted by molar-refractivity contribution is 6.28. The van der Waals surface area contributed by atoms with Crippen LogP contribution in [-0.4, -0.2) is 55.1 Å². The second-order valence-electron chi connectivity index (χ2n) is 7.38. The van der Waals surface area contributed by atoms with Crippen molar-refractivity contribution in [2.75, 3.05) is 32.8 Å². The van der Waals surface area contributed by atoms with E-state index in [9.17, 15) is 14.4 Å². The number of carbonyl (C=O) groups is 3. The number of rotatable bonds is 3. The molecule has 1 fully saturated rings. The molecular weight excluding hydrogens is 330 g/mol. The third-order valence-corrected chi connectivity index (χ3v) is 5.95. The summed E-state index contributed by atoms with van der Waals surface area (Å²) in [6, 6.07) is 6.96. The van der Waals surface area contributed by atoms with E-state index in [0.29, 0.717) is 28.7 Å². The molecule has 0 aromatic heterocycles. The Morgan fingerprint density at radius 1 is 1.04 bits per heavy atom. The van der Waals surface area contributed by atoms with E-state index in [1.165, 1.54) is 0 Å². The molecule has 0 amide bonds. The molecule has 0 spiro atoms.